The standard InChI is InChI=1S/C7H13NO4/c9-6(7(10)11)5-8-1-3-12-4-2-8/h6,9H,1-5H2,(H,10,11)/t6-/m0/s1. The number of carbonyl (C=O) groups is 1. The van der Waals surface area contributed by atoms with Crippen LogP contribution >= 0.6 is 0 Å². The van der Waals surface area contributed by atoms with E-state index in [9.17, 15) is 4.79 Å². The minimum atomic E-state index is -1.27. The van der Waals surface area contributed by atoms with Gasteiger partial charge in [-0.15, -0.1) is 0 Å². The number of aliphatic carboxylic acids is 1. The lowest BCUT2D eigenvalue weighted by Gasteiger charge is -2.27. The molecule has 0 bridgehead atoms. The van der Waals surface area contributed by atoms with Crippen molar-refractivity contribution in [1.29, 1.82) is 0 Å². The lowest BCUT2D eigenvalue weighted by molar-refractivity contribution is -0.148. The summed E-state index contributed by atoms with van der Waals surface area (Å²) in [5, 5.41) is 17.4. The van der Waals surface area contributed by atoms with Gasteiger partial charge in [0.05, 0.1) is 13.2 Å². The predicted octanol–water partition coefficient (Wildman–Crippen LogP) is -1.24. The zero-order valence-corrected chi connectivity index (χ0v) is 6.77. The van der Waals surface area contributed by atoms with Gasteiger partial charge in [0.25, 0.3) is 0 Å². The Balaban J connectivity index is 2.24. The van der Waals surface area contributed by atoms with Gasteiger partial charge in [-0.2, -0.15) is 0 Å². The van der Waals surface area contributed by atoms with Gasteiger partial charge >= 0.3 is 5.97 Å². The number of hydrogen-bond donors (Lipinski definition) is 2. The molecule has 1 saturated heterocycles. The van der Waals surface area contributed by atoms with Crippen molar-refractivity contribution in [2.75, 3.05) is 32.8 Å². The number of aliphatic hydroxyl groups is 1. The maximum atomic E-state index is 10.3. The highest BCUT2D eigenvalue weighted by molar-refractivity contribution is 5.72. The van der Waals surface area contributed by atoms with E-state index in [1.807, 2.05) is 4.90 Å². The summed E-state index contributed by atoms with van der Waals surface area (Å²) < 4.78 is 5.07. The van der Waals surface area contributed by atoms with E-state index < -0.39 is 12.1 Å². The third-order valence-corrected chi connectivity index (χ3v) is 1.82. The molecule has 2 N–H and O–H groups in total. The molecule has 0 unspecified atom stereocenters. The lowest BCUT2D eigenvalue weighted by atomic mass is 10.3. The molecule has 0 aromatic heterocycles. The summed E-state index contributed by atoms with van der Waals surface area (Å²) in [5.74, 6) is -1.17. The van der Waals surface area contributed by atoms with Gasteiger partial charge in [0.1, 0.15) is 0 Å². The Bertz CT molecular complexity index is 155. The number of ether oxygens (including phenoxy) is 1. The average Bonchev–Trinajstić information content (AvgIpc) is 2.06. The number of carboxylic acids is 1. The first-order chi connectivity index (χ1) is 5.70. The highest BCUT2D eigenvalue weighted by Gasteiger charge is 2.19. The molecule has 5 heteroatoms. The second-order valence-corrected chi connectivity index (χ2v) is 2.77. The number of carboxylic acid groups (broad SMARTS) is 1. The second kappa shape index (κ2) is 4.39. The Kier molecular flexibility index (Phi) is 3.46. The van der Waals surface area contributed by atoms with Crippen LogP contribution in [0.2, 0.25) is 0 Å². The Hall–Kier alpha value is -0.650. The highest BCUT2D eigenvalue weighted by Crippen LogP contribution is 1.98. The van der Waals surface area contributed by atoms with Crippen molar-refractivity contribution in [3.8, 4) is 0 Å². The van der Waals surface area contributed by atoms with Crippen LogP contribution in [0.15, 0.2) is 0 Å². The number of rotatable bonds is 3. The summed E-state index contributed by atoms with van der Waals surface area (Å²) >= 11 is 0. The molecule has 1 aliphatic heterocycles. The Morgan fingerprint density at radius 2 is 2.08 bits per heavy atom. The number of nitrogens with zero attached hydrogens (tertiary/aromatic N) is 1. The molecule has 1 fully saturated rings. The van der Waals surface area contributed by atoms with Crippen LogP contribution in [0.5, 0.6) is 0 Å². The molecule has 12 heavy (non-hydrogen) atoms. The fraction of sp³-hybridized carbons (Fsp3) is 0.857. The first-order valence-corrected chi connectivity index (χ1v) is 3.91. The summed E-state index contributed by atoms with van der Waals surface area (Å²) in [6, 6.07) is 0. The maximum Gasteiger partial charge on any atom is 0.333 e. The van der Waals surface area contributed by atoms with E-state index in [0.29, 0.717) is 26.3 Å². The van der Waals surface area contributed by atoms with E-state index in [1.54, 1.807) is 0 Å². The van der Waals surface area contributed by atoms with Crippen LogP contribution in [0.1, 0.15) is 0 Å². The van der Waals surface area contributed by atoms with Crippen molar-refractivity contribution in [1.82, 2.24) is 4.90 Å². The fourth-order valence-electron chi connectivity index (χ4n) is 1.11. The molecule has 0 spiro atoms. The lowest BCUT2D eigenvalue weighted by Crippen LogP contribution is -2.43. The fourth-order valence-corrected chi connectivity index (χ4v) is 1.11. The van der Waals surface area contributed by atoms with E-state index >= 15 is 0 Å². The Labute approximate surface area is 70.5 Å². The average molecular weight is 175 g/mol. The van der Waals surface area contributed by atoms with Gasteiger partial charge < -0.3 is 14.9 Å². The molecule has 1 rings (SSSR count). The third kappa shape index (κ3) is 2.77. The highest BCUT2D eigenvalue weighted by atomic mass is 16.5. The topological polar surface area (TPSA) is 70.0 Å². The van der Waals surface area contributed by atoms with Crippen LogP contribution in [0.4, 0.5) is 0 Å². The zero-order chi connectivity index (χ0) is 8.97. The van der Waals surface area contributed by atoms with Crippen molar-refractivity contribution in [2.24, 2.45) is 0 Å². The van der Waals surface area contributed by atoms with Crippen LogP contribution in [-0.2, 0) is 9.53 Å². The molecule has 1 atom stereocenters. The molecule has 0 radical (unpaired) electrons. The minimum Gasteiger partial charge on any atom is -0.479 e. The molecule has 0 amide bonds. The molecule has 0 saturated carbocycles. The normalized spacial score (nSPS) is 22.1. The van der Waals surface area contributed by atoms with E-state index in [-0.39, 0.29) is 6.54 Å². The van der Waals surface area contributed by atoms with Gasteiger partial charge in [-0.1, -0.05) is 0 Å². The molecule has 1 heterocycles. The Morgan fingerprint density at radius 1 is 1.50 bits per heavy atom. The molecule has 1 aliphatic rings. The number of morpholine rings is 1. The first-order valence-electron chi connectivity index (χ1n) is 3.91. The van der Waals surface area contributed by atoms with E-state index in [0.717, 1.165) is 0 Å². The largest absolute Gasteiger partial charge is 0.479 e. The van der Waals surface area contributed by atoms with Crippen LogP contribution in [0.25, 0.3) is 0 Å². The summed E-state index contributed by atoms with van der Waals surface area (Å²) in [4.78, 5) is 12.1. The third-order valence-electron chi connectivity index (χ3n) is 1.82. The predicted molar refractivity (Wildman–Crippen MR) is 40.9 cm³/mol. The molecule has 0 aromatic rings. The van der Waals surface area contributed by atoms with Crippen LogP contribution in [0, 0.1) is 0 Å². The van der Waals surface area contributed by atoms with E-state index in [2.05, 4.69) is 0 Å². The van der Waals surface area contributed by atoms with Crippen molar-refractivity contribution in [2.45, 2.75) is 6.10 Å². The number of aliphatic hydroxyl groups excluding tert-OH is 1. The molecular formula is C7H13NO4. The second-order valence-electron chi connectivity index (χ2n) is 2.77. The smallest absolute Gasteiger partial charge is 0.333 e. The van der Waals surface area contributed by atoms with Crippen LogP contribution in [-0.4, -0.2) is 60.0 Å². The monoisotopic (exact) mass is 175 g/mol. The van der Waals surface area contributed by atoms with E-state index in [1.165, 1.54) is 0 Å². The van der Waals surface area contributed by atoms with Crippen molar-refractivity contribution in [3.63, 3.8) is 0 Å². The molecule has 5 nitrogen and oxygen atoms in total. The summed E-state index contributed by atoms with van der Waals surface area (Å²) in [5.41, 5.74) is 0. The van der Waals surface area contributed by atoms with Gasteiger partial charge in [0, 0.05) is 19.6 Å². The van der Waals surface area contributed by atoms with Crippen molar-refractivity contribution < 1.29 is 19.7 Å². The first kappa shape index (κ1) is 9.44. The van der Waals surface area contributed by atoms with Crippen LogP contribution < -0.4 is 0 Å². The summed E-state index contributed by atoms with van der Waals surface area (Å²) in [6.45, 7) is 2.83. The SMILES string of the molecule is O=C(O)[C@@H](O)CN1CCOCC1. The molecular weight excluding hydrogens is 162 g/mol. The Morgan fingerprint density at radius 3 is 2.58 bits per heavy atom. The van der Waals surface area contributed by atoms with Crippen LogP contribution in [0.3, 0.4) is 0 Å². The van der Waals surface area contributed by atoms with Gasteiger partial charge in [-0.25, -0.2) is 4.79 Å². The quantitative estimate of drug-likeness (QED) is 0.561. The molecule has 0 aliphatic carbocycles. The van der Waals surface area contributed by atoms with Gasteiger partial charge in [0.2, 0.25) is 0 Å². The molecule has 0 aromatic carbocycles. The van der Waals surface area contributed by atoms with E-state index in [4.69, 9.17) is 14.9 Å². The minimum absolute atomic E-state index is 0.193. The van der Waals surface area contributed by atoms with Crippen molar-refractivity contribution >= 4 is 5.97 Å². The summed E-state index contributed by atoms with van der Waals surface area (Å²) in [6.07, 6.45) is -1.27. The zero-order valence-electron chi connectivity index (χ0n) is 6.77. The van der Waals surface area contributed by atoms with Gasteiger partial charge in [-0.3, -0.25) is 4.90 Å². The van der Waals surface area contributed by atoms with Gasteiger partial charge in [0.15, 0.2) is 6.10 Å². The van der Waals surface area contributed by atoms with Crippen molar-refractivity contribution in [3.05, 3.63) is 0 Å². The number of β-amino-alcohol motifs (C(OH)–C–C–N with tert-alkyl or cyclic N) is 1. The number of hydrogen-bond acceptors (Lipinski definition) is 4. The summed E-state index contributed by atoms with van der Waals surface area (Å²) in [7, 11) is 0. The maximum absolute atomic E-state index is 10.3. The molecule has 70 valence electrons. The van der Waals surface area contributed by atoms with Gasteiger partial charge in [-0.05, 0) is 0 Å².